The van der Waals surface area contributed by atoms with Gasteiger partial charge in [-0.1, -0.05) is 45.0 Å². The van der Waals surface area contributed by atoms with Crippen LogP contribution in [0.3, 0.4) is 0 Å². The standard InChI is InChI=1S/C31H26NO/c1-19-18-32-26(16-22(19)17-31(2,3)4)24-10-7-11-25-29-27(33-30(24)25)15-14-21-13-12-20-8-5-6-9-23(20)28(21)29/h5-13,15-16,18H,17H2,1-4H3/q+1/i17D2. The van der Waals surface area contributed by atoms with E-state index in [0.29, 0.717) is 11.3 Å². The average molecular weight is 431 g/mol. The fourth-order valence-electron chi connectivity index (χ4n) is 4.71. The number of aryl methyl sites for hydroxylation is 1. The Kier molecular flexibility index (Phi) is 3.84. The molecule has 0 aliphatic heterocycles. The van der Waals surface area contributed by atoms with Gasteiger partial charge in [-0.2, -0.15) is 0 Å². The van der Waals surface area contributed by atoms with Crippen molar-refractivity contribution in [3.8, 4) is 22.4 Å². The van der Waals surface area contributed by atoms with E-state index in [4.69, 9.17) is 12.1 Å². The molecule has 1 aliphatic carbocycles. The highest BCUT2D eigenvalue weighted by Gasteiger charge is 2.30. The Morgan fingerprint density at radius 2 is 1.79 bits per heavy atom. The van der Waals surface area contributed by atoms with Gasteiger partial charge in [0.25, 0.3) is 0 Å². The molecule has 0 amide bonds. The van der Waals surface area contributed by atoms with Crippen LogP contribution in [0.25, 0.3) is 50.2 Å². The molecule has 1 aliphatic rings. The van der Waals surface area contributed by atoms with E-state index in [9.17, 15) is 0 Å². The molecule has 0 unspecified atom stereocenters. The summed E-state index contributed by atoms with van der Waals surface area (Å²) in [7, 11) is 0. The summed E-state index contributed by atoms with van der Waals surface area (Å²) in [5.41, 5.74) is 6.54. The summed E-state index contributed by atoms with van der Waals surface area (Å²) in [5, 5.41) is 3.38. The number of furan rings is 1. The van der Waals surface area contributed by atoms with Crippen molar-refractivity contribution in [1.82, 2.24) is 4.98 Å². The van der Waals surface area contributed by atoms with Crippen molar-refractivity contribution in [3.63, 3.8) is 0 Å². The molecular weight excluding hydrogens is 402 g/mol. The highest BCUT2D eigenvalue weighted by Crippen LogP contribution is 2.45. The summed E-state index contributed by atoms with van der Waals surface area (Å²) in [6, 6.07) is 20.7. The van der Waals surface area contributed by atoms with Crippen molar-refractivity contribution in [2.75, 3.05) is 0 Å². The second kappa shape index (κ2) is 7.13. The summed E-state index contributed by atoms with van der Waals surface area (Å²) in [4.78, 5) is 4.70. The third kappa shape index (κ3) is 3.26. The number of hydrogen-bond acceptors (Lipinski definition) is 2. The molecule has 2 aromatic heterocycles. The van der Waals surface area contributed by atoms with Crippen molar-refractivity contribution in [2.45, 2.75) is 34.1 Å². The van der Waals surface area contributed by atoms with E-state index in [1.54, 1.807) is 6.20 Å². The van der Waals surface area contributed by atoms with Crippen LogP contribution >= 0.6 is 0 Å². The van der Waals surface area contributed by atoms with Gasteiger partial charge in [-0.3, -0.25) is 4.98 Å². The molecule has 0 atom stereocenters. The van der Waals surface area contributed by atoms with Crippen LogP contribution in [0.2, 0.25) is 0 Å². The Balaban J connectivity index is 1.60. The van der Waals surface area contributed by atoms with Crippen molar-refractivity contribution < 1.29 is 7.16 Å². The molecule has 6 rings (SSSR count). The van der Waals surface area contributed by atoms with Gasteiger partial charge < -0.3 is 4.42 Å². The first-order chi connectivity index (χ1) is 16.7. The Morgan fingerprint density at radius 1 is 0.970 bits per heavy atom. The Labute approximate surface area is 197 Å². The molecule has 0 fully saturated rings. The first-order valence-electron chi connectivity index (χ1n) is 12.3. The van der Waals surface area contributed by atoms with E-state index < -0.39 is 11.8 Å². The topological polar surface area (TPSA) is 26.0 Å². The van der Waals surface area contributed by atoms with Crippen LogP contribution in [-0.4, -0.2) is 4.98 Å². The fourth-order valence-corrected chi connectivity index (χ4v) is 4.71. The van der Waals surface area contributed by atoms with Crippen LogP contribution in [0.4, 0.5) is 0 Å². The predicted octanol–water partition coefficient (Wildman–Crippen LogP) is 8.39. The molecule has 0 saturated heterocycles. The van der Waals surface area contributed by atoms with Crippen LogP contribution in [0.15, 0.2) is 71.3 Å². The Morgan fingerprint density at radius 3 is 2.64 bits per heavy atom. The maximum absolute atomic E-state index is 8.85. The van der Waals surface area contributed by atoms with Gasteiger partial charge in [0, 0.05) is 37.4 Å². The van der Waals surface area contributed by atoms with Crippen LogP contribution in [-0.2, 0) is 6.37 Å². The molecule has 0 bridgehead atoms. The van der Waals surface area contributed by atoms with Gasteiger partial charge in [-0.25, -0.2) is 0 Å². The number of nitrogens with zero attached hydrogens (tertiary/aromatic N) is 1. The van der Waals surface area contributed by atoms with E-state index in [1.165, 1.54) is 10.8 Å². The van der Waals surface area contributed by atoms with Crippen molar-refractivity contribution >= 4 is 27.8 Å². The smallest absolute Gasteiger partial charge is 0.224 e. The van der Waals surface area contributed by atoms with Gasteiger partial charge in [0.2, 0.25) is 5.76 Å². The number of pyridine rings is 1. The van der Waals surface area contributed by atoms with E-state index >= 15 is 0 Å². The van der Waals surface area contributed by atoms with Crippen molar-refractivity contribution in [3.05, 3.63) is 95.4 Å². The molecule has 2 nitrogen and oxygen atoms in total. The van der Waals surface area contributed by atoms with Crippen LogP contribution in [0.1, 0.15) is 46.0 Å². The Bertz CT molecular complexity index is 1670. The van der Waals surface area contributed by atoms with Crippen molar-refractivity contribution in [2.24, 2.45) is 5.41 Å². The lowest BCUT2D eigenvalue weighted by Crippen LogP contribution is -2.10. The highest BCUT2D eigenvalue weighted by molar-refractivity contribution is 6.11. The highest BCUT2D eigenvalue weighted by atomic mass is 16.3. The van der Waals surface area contributed by atoms with Crippen molar-refractivity contribution in [1.29, 1.82) is 0 Å². The SMILES string of the molecule is [2H]C([2H])(c1cc(-c2cccc3c4c(oc23)C=[C+]c2ccc3ccccc3c2-4)ncc1C)C(C)(C)C. The third-order valence-corrected chi connectivity index (χ3v) is 6.17. The summed E-state index contributed by atoms with van der Waals surface area (Å²) in [6.07, 6.45) is 5.58. The summed E-state index contributed by atoms with van der Waals surface area (Å²) in [6.45, 7) is 7.71. The minimum absolute atomic E-state index is 0.558. The van der Waals surface area contributed by atoms with Crippen LogP contribution < -0.4 is 0 Å². The summed E-state index contributed by atoms with van der Waals surface area (Å²) >= 11 is 0. The van der Waals surface area contributed by atoms with E-state index in [-0.39, 0.29) is 0 Å². The lowest BCUT2D eigenvalue weighted by atomic mass is 9.86. The predicted molar refractivity (Wildman–Crippen MR) is 137 cm³/mol. The first kappa shape index (κ1) is 17.8. The monoisotopic (exact) mass is 430 g/mol. The van der Waals surface area contributed by atoms with Gasteiger partial charge in [-0.05, 0) is 60.2 Å². The zero-order valence-corrected chi connectivity index (χ0v) is 19.3. The number of para-hydroxylation sites is 1. The number of benzene rings is 3. The second-order valence-electron chi connectivity index (χ2n) is 9.78. The molecular formula is C31H26NO+. The minimum Gasteiger partial charge on any atom is -0.410 e. The Hall–Kier alpha value is -3.74. The average Bonchev–Trinajstić information content (AvgIpc) is 3.22. The van der Waals surface area contributed by atoms with Gasteiger partial charge in [-0.15, -0.1) is 0 Å². The quantitative estimate of drug-likeness (QED) is 0.258. The van der Waals surface area contributed by atoms with Gasteiger partial charge in [0.05, 0.1) is 16.6 Å². The molecule has 0 spiro atoms. The molecule has 2 heteroatoms. The van der Waals surface area contributed by atoms with Gasteiger partial charge >= 0.3 is 0 Å². The number of rotatable bonds is 2. The lowest BCUT2D eigenvalue weighted by Gasteiger charge is -2.20. The zero-order valence-electron chi connectivity index (χ0n) is 21.3. The minimum atomic E-state index is -1.51. The van der Waals surface area contributed by atoms with E-state index in [0.717, 1.165) is 44.5 Å². The van der Waals surface area contributed by atoms with Gasteiger partial charge in [0.1, 0.15) is 11.6 Å². The molecule has 0 N–H and O–H groups in total. The maximum atomic E-state index is 8.85. The molecule has 5 aromatic rings. The lowest BCUT2D eigenvalue weighted by molar-refractivity contribution is 0.410. The summed E-state index contributed by atoms with van der Waals surface area (Å²) < 4.78 is 24.1. The van der Waals surface area contributed by atoms with Gasteiger partial charge in [0.15, 0.2) is 11.1 Å². The molecule has 160 valence electrons. The molecule has 0 radical (unpaired) electrons. The summed E-state index contributed by atoms with van der Waals surface area (Å²) in [5.74, 6) is 0.786. The maximum Gasteiger partial charge on any atom is 0.224 e. The third-order valence-electron chi connectivity index (χ3n) is 6.17. The van der Waals surface area contributed by atoms with Crippen LogP contribution in [0.5, 0.6) is 0 Å². The molecule has 33 heavy (non-hydrogen) atoms. The molecule has 2 heterocycles. The van der Waals surface area contributed by atoms with E-state index in [2.05, 4.69) is 48.5 Å². The molecule has 0 saturated carbocycles. The number of hydrogen-bond donors (Lipinski definition) is 0. The number of aromatic nitrogens is 1. The number of fused-ring (bicyclic) bond motifs is 7. The largest absolute Gasteiger partial charge is 0.410 e. The normalized spacial score (nSPS) is 13.9. The zero-order chi connectivity index (χ0) is 24.5. The molecule has 3 aromatic carbocycles. The fraction of sp³-hybridized carbons (Fsp3) is 0.194. The second-order valence-corrected chi connectivity index (χ2v) is 9.78. The van der Waals surface area contributed by atoms with E-state index in [1.807, 2.05) is 52.0 Å². The van der Waals surface area contributed by atoms with Crippen LogP contribution in [0, 0.1) is 18.4 Å². The first-order valence-corrected chi connectivity index (χ1v) is 11.3.